The van der Waals surface area contributed by atoms with Gasteiger partial charge >= 0.3 is 0 Å². The van der Waals surface area contributed by atoms with E-state index in [1.807, 2.05) is 25.6 Å². The van der Waals surface area contributed by atoms with E-state index in [0.29, 0.717) is 37.2 Å². The van der Waals surface area contributed by atoms with E-state index >= 15 is 0 Å². The van der Waals surface area contributed by atoms with E-state index in [1.165, 1.54) is 17.7 Å². The third kappa shape index (κ3) is 6.13. The van der Waals surface area contributed by atoms with Gasteiger partial charge in [-0.3, -0.25) is 4.79 Å². The summed E-state index contributed by atoms with van der Waals surface area (Å²) in [6, 6.07) is 8.42. The van der Waals surface area contributed by atoms with Crippen LogP contribution in [0.1, 0.15) is 70.8 Å². The van der Waals surface area contributed by atoms with E-state index in [2.05, 4.69) is 36.3 Å². The number of allylic oxidation sites excluding steroid dienone is 2. The van der Waals surface area contributed by atoms with Gasteiger partial charge in [-0.05, 0) is 49.1 Å². The molecule has 0 bridgehead atoms. The molecule has 0 amide bonds. The van der Waals surface area contributed by atoms with Crippen LogP contribution in [-0.2, 0) is 9.63 Å². The highest BCUT2D eigenvalue weighted by molar-refractivity contribution is 7.99. The second kappa shape index (κ2) is 11.2. The molecular weight excluding hydrogens is 358 g/mol. The van der Waals surface area contributed by atoms with E-state index in [1.54, 1.807) is 0 Å². The Balaban J connectivity index is 2.13. The number of oxime groups is 1. The Kier molecular flexibility index (Phi) is 8.92. The van der Waals surface area contributed by atoms with Gasteiger partial charge in [-0.1, -0.05) is 44.0 Å². The van der Waals surface area contributed by atoms with Crippen LogP contribution < -0.4 is 0 Å². The maximum Gasteiger partial charge on any atom is 0.168 e. The van der Waals surface area contributed by atoms with Crippen molar-refractivity contribution in [3.8, 4) is 0 Å². The van der Waals surface area contributed by atoms with Crippen molar-refractivity contribution in [3.63, 3.8) is 0 Å². The Morgan fingerprint density at radius 1 is 1.19 bits per heavy atom. The Morgan fingerprint density at radius 2 is 1.93 bits per heavy atom. The van der Waals surface area contributed by atoms with Crippen molar-refractivity contribution < 1.29 is 14.7 Å². The van der Waals surface area contributed by atoms with E-state index in [9.17, 15) is 9.90 Å². The summed E-state index contributed by atoms with van der Waals surface area (Å²) in [5, 5.41) is 14.7. The molecule has 0 radical (unpaired) electrons. The normalized spacial score (nSPS) is 18.1. The molecule has 0 aromatic heterocycles. The van der Waals surface area contributed by atoms with Gasteiger partial charge in [-0.25, -0.2) is 0 Å². The quantitative estimate of drug-likeness (QED) is 0.230. The van der Waals surface area contributed by atoms with E-state index in [4.69, 9.17) is 4.84 Å². The van der Waals surface area contributed by atoms with Crippen LogP contribution >= 0.6 is 11.8 Å². The number of benzene rings is 1. The van der Waals surface area contributed by atoms with Crippen molar-refractivity contribution in [2.45, 2.75) is 70.1 Å². The topological polar surface area (TPSA) is 58.9 Å². The third-order valence-corrected chi connectivity index (χ3v) is 5.73. The van der Waals surface area contributed by atoms with Crippen molar-refractivity contribution >= 4 is 23.3 Å². The van der Waals surface area contributed by atoms with Crippen LogP contribution in [0.25, 0.3) is 0 Å². The molecule has 0 saturated carbocycles. The van der Waals surface area contributed by atoms with Crippen LogP contribution in [0, 0.1) is 0 Å². The lowest BCUT2D eigenvalue weighted by Gasteiger charge is -2.24. The first-order chi connectivity index (χ1) is 13.1. The number of aliphatic hydroxyl groups is 1. The number of unbranched alkanes of at least 4 members (excludes halogenated alkanes) is 1. The Hall–Kier alpha value is -1.75. The number of Topliss-reactive ketones (excluding diaryl/α,β-unsaturated/α-hetero) is 1. The largest absolute Gasteiger partial charge is 0.511 e. The number of carbonyl (C=O) groups is 1. The Bertz CT molecular complexity index is 679. The molecule has 1 aliphatic carbocycles. The zero-order chi connectivity index (χ0) is 19.6. The fourth-order valence-corrected chi connectivity index (χ4v) is 4.22. The number of nitrogens with zero attached hydrogens (tertiary/aromatic N) is 1. The molecule has 5 heteroatoms. The zero-order valence-electron chi connectivity index (χ0n) is 16.7. The maximum atomic E-state index is 12.8. The second-order valence-corrected chi connectivity index (χ2v) is 8.00. The van der Waals surface area contributed by atoms with Gasteiger partial charge in [-0.2, -0.15) is 0 Å². The van der Waals surface area contributed by atoms with Gasteiger partial charge in [0.05, 0.1) is 11.3 Å². The number of hydrogen-bond donors (Lipinski definition) is 1. The molecule has 27 heavy (non-hydrogen) atoms. The summed E-state index contributed by atoms with van der Waals surface area (Å²) in [5.41, 5.74) is 2.05. The molecule has 0 saturated heterocycles. The number of hydrogen-bond acceptors (Lipinski definition) is 5. The molecule has 0 fully saturated rings. The summed E-state index contributed by atoms with van der Waals surface area (Å²) < 4.78 is 0. The van der Waals surface area contributed by atoms with Crippen molar-refractivity contribution in [1.29, 1.82) is 0 Å². The molecule has 1 unspecified atom stereocenters. The van der Waals surface area contributed by atoms with E-state index in [0.717, 1.165) is 17.7 Å². The Labute approximate surface area is 167 Å². The average Bonchev–Trinajstić information content (AvgIpc) is 2.66. The van der Waals surface area contributed by atoms with Gasteiger partial charge in [-0.15, -0.1) is 11.8 Å². The van der Waals surface area contributed by atoms with Crippen LogP contribution in [0.4, 0.5) is 0 Å². The van der Waals surface area contributed by atoms with Gasteiger partial charge < -0.3 is 9.94 Å². The van der Waals surface area contributed by atoms with Crippen LogP contribution in [0.5, 0.6) is 0 Å². The van der Waals surface area contributed by atoms with Crippen LogP contribution in [0.15, 0.2) is 45.6 Å². The van der Waals surface area contributed by atoms with Crippen molar-refractivity contribution in [1.82, 2.24) is 0 Å². The molecule has 1 aliphatic rings. The van der Waals surface area contributed by atoms with Crippen molar-refractivity contribution in [3.05, 3.63) is 41.2 Å². The summed E-state index contributed by atoms with van der Waals surface area (Å²) in [6.07, 6.45) is 4.76. The number of aliphatic hydroxyl groups excluding tert-OH is 1. The van der Waals surface area contributed by atoms with E-state index < -0.39 is 0 Å². The van der Waals surface area contributed by atoms with Crippen LogP contribution in [0.3, 0.4) is 0 Å². The molecule has 1 N–H and O–H groups in total. The lowest BCUT2D eigenvalue weighted by Crippen LogP contribution is -2.24. The molecule has 2 rings (SSSR count). The molecule has 1 aromatic rings. The molecule has 4 nitrogen and oxygen atoms in total. The maximum absolute atomic E-state index is 12.8. The van der Waals surface area contributed by atoms with Gasteiger partial charge in [0.1, 0.15) is 12.4 Å². The standard InChI is InChI=1S/C22H31NO3S/c1-4-7-13-27-18-11-9-16(10-12-18)17-14-20(24)22(21(25)15-17)19(8-5-2)23-26-6-3/h9-12,17,24H,4-8,13-15H2,1-3H3/b23-19+. The third-order valence-electron chi connectivity index (χ3n) is 4.64. The summed E-state index contributed by atoms with van der Waals surface area (Å²) in [6.45, 7) is 6.52. The first kappa shape index (κ1) is 21.5. The average molecular weight is 390 g/mol. The van der Waals surface area contributed by atoms with E-state index in [-0.39, 0.29) is 17.5 Å². The molecule has 0 aliphatic heterocycles. The fourth-order valence-electron chi connectivity index (χ4n) is 3.22. The second-order valence-electron chi connectivity index (χ2n) is 6.83. The summed E-state index contributed by atoms with van der Waals surface area (Å²) in [5.74, 6) is 1.25. The van der Waals surface area contributed by atoms with Gasteiger partial charge in [0, 0.05) is 17.7 Å². The van der Waals surface area contributed by atoms with Gasteiger partial charge in [0.25, 0.3) is 0 Å². The van der Waals surface area contributed by atoms with Crippen LogP contribution in [0.2, 0.25) is 0 Å². The Morgan fingerprint density at radius 3 is 2.52 bits per heavy atom. The predicted molar refractivity (Wildman–Crippen MR) is 113 cm³/mol. The first-order valence-corrected chi connectivity index (χ1v) is 11.0. The summed E-state index contributed by atoms with van der Waals surface area (Å²) in [4.78, 5) is 19.2. The number of carbonyl (C=O) groups excluding carboxylic acids is 1. The highest BCUT2D eigenvalue weighted by atomic mass is 32.2. The minimum Gasteiger partial charge on any atom is -0.511 e. The van der Waals surface area contributed by atoms with Gasteiger partial charge in [0.15, 0.2) is 5.78 Å². The van der Waals surface area contributed by atoms with Crippen LogP contribution in [-0.4, -0.2) is 29.0 Å². The smallest absolute Gasteiger partial charge is 0.168 e. The first-order valence-electron chi connectivity index (χ1n) is 9.97. The molecular formula is C22H31NO3S. The summed E-state index contributed by atoms with van der Waals surface area (Å²) in [7, 11) is 0. The minimum atomic E-state index is -0.0444. The highest BCUT2D eigenvalue weighted by Gasteiger charge is 2.31. The number of ketones is 1. The zero-order valence-corrected chi connectivity index (χ0v) is 17.5. The molecule has 1 aromatic carbocycles. The SMILES string of the molecule is CCCCSc1ccc(C2CC(=O)C(/C(CCC)=N/OCC)=C(O)C2)cc1. The summed E-state index contributed by atoms with van der Waals surface area (Å²) >= 11 is 1.86. The van der Waals surface area contributed by atoms with Gasteiger partial charge in [0.2, 0.25) is 0 Å². The molecule has 148 valence electrons. The predicted octanol–water partition coefficient (Wildman–Crippen LogP) is 6.03. The molecule has 1 atom stereocenters. The van der Waals surface area contributed by atoms with Crippen molar-refractivity contribution in [2.24, 2.45) is 5.16 Å². The highest BCUT2D eigenvalue weighted by Crippen LogP contribution is 2.35. The molecule has 0 heterocycles. The van der Waals surface area contributed by atoms with Crippen molar-refractivity contribution in [2.75, 3.05) is 12.4 Å². The lowest BCUT2D eigenvalue weighted by molar-refractivity contribution is -0.116. The minimum absolute atomic E-state index is 0.0194. The molecule has 0 spiro atoms. The monoisotopic (exact) mass is 389 g/mol. The fraction of sp³-hybridized carbons (Fsp3) is 0.545. The number of rotatable bonds is 10. The lowest BCUT2D eigenvalue weighted by atomic mass is 9.81. The number of thioether (sulfide) groups is 1.